The highest BCUT2D eigenvalue weighted by Gasteiger charge is 2.27. The van der Waals surface area contributed by atoms with E-state index in [9.17, 15) is 14.3 Å². The second-order valence-electron chi connectivity index (χ2n) is 18.5. The van der Waals surface area contributed by atoms with E-state index in [0.717, 1.165) is 44.2 Å². The van der Waals surface area contributed by atoms with Crippen LogP contribution in [0.3, 0.4) is 0 Å². The Labute approximate surface area is 370 Å². The number of hydrogen-bond acceptors (Lipinski definition) is 7. The number of nitrogens with zero attached hydrogens (tertiary/aromatic N) is 1. The minimum atomic E-state index is -4.17. The summed E-state index contributed by atoms with van der Waals surface area (Å²) in [6.07, 6.45) is 38.6. The molecular formula is C50H96N2O7P+. The van der Waals surface area contributed by atoms with Crippen LogP contribution in [0.1, 0.15) is 212 Å². The lowest BCUT2D eigenvalue weighted by atomic mass is 10.0. The predicted molar refractivity (Wildman–Crippen MR) is 252 cm³/mol. The van der Waals surface area contributed by atoms with E-state index in [-0.39, 0.29) is 19.2 Å². The van der Waals surface area contributed by atoms with Gasteiger partial charge in [0.25, 0.3) is 0 Å². The maximum absolute atomic E-state index is 12.8. The lowest BCUT2D eigenvalue weighted by Gasteiger charge is -2.25. The van der Waals surface area contributed by atoms with Crippen molar-refractivity contribution >= 4 is 13.8 Å². The molecule has 0 bridgehead atoms. The minimum Gasteiger partial charge on any atom is -0.461 e. The first-order chi connectivity index (χ1) is 29.1. The van der Waals surface area contributed by atoms with E-state index in [0.29, 0.717) is 37.2 Å². The first-order valence-electron chi connectivity index (χ1n) is 25.1. The molecule has 0 saturated carbocycles. The Balaban J connectivity index is 2.03. The van der Waals surface area contributed by atoms with E-state index in [1.807, 2.05) is 51.5 Å². The van der Waals surface area contributed by atoms with Gasteiger partial charge in [0.05, 0.1) is 27.7 Å². The number of benzene rings is 1. The number of quaternary nitrogens is 1. The zero-order valence-corrected chi connectivity index (χ0v) is 40.5. The van der Waals surface area contributed by atoms with E-state index in [4.69, 9.17) is 18.5 Å². The summed E-state index contributed by atoms with van der Waals surface area (Å²) >= 11 is 0. The normalized spacial score (nSPS) is 13.4. The molecule has 2 atom stereocenters. The smallest absolute Gasteiger partial charge is 0.461 e. The summed E-state index contributed by atoms with van der Waals surface area (Å²) in [5, 5.41) is 3.45. The van der Waals surface area contributed by atoms with Crippen LogP contribution in [0, 0.1) is 0 Å². The molecular weight excluding hydrogens is 772 g/mol. The van der Waals surface area contributed by atoms with Crippen LogP contribution in [0.25, 0.3) is 0 Å². The third-order valence-electron chi connectivity index (χ3n) is 11.3. The molecule has 0 spiro atoms. The van der Waals surface area contributed by atoms with Crippen molar-refractivity contribution in [3.8, 4) is 0 Å². The Morgan fingerprint density at radius 1 is 0.633 bits per heavy atom. The van der Waals surface area contributed by atoms with Gasteiger partial charge in [-0.05, 0) is 31.4 Å². The fourth-order valence-corrected chi connectivity index (χ4v) is 8.34. The Morgan fingerprint density at radius 2 is 1.08 bits per heavy atom. The topological polar surface area (TPSA) is 103 Å². The molecule has 1 aromatic rings. The third kappa shape index (κ3) is 40.7. The predicted octanol–water partition coefficient (Wildman–Crippen LogP) is 13.7. The second kappa shape index (κ2) is 40.5. The van der Waals surface area contributed by atoms with Crippen LogP contribution in [-0.4, -0.2) is 82.0 Å². The Bertz CT molecular complexity index is 1120. The summed E-state index contributed by atoms with van der Waals surface area (Å²) < 4.78 is 35.6. The highest BCUT2D eigenvalue weighted by Crippen LogP contribution is 2.44. The van der Waals surface area contributed by atoms with E-state index in [1.165, 1.54) is 161 Å². The minimum absolute atomic E-state index is 0.0819. The molecule has 0 radical (unpaired) electrons. The number of rotatable bonds is 46. The number of esters is 1. The van der Waals surface area contributed by atoms with E-state index >= 15 is 0 Å². The van der Waals surface area contributed by atoms with Gasteiger partial charge in [-0.15, -0.1) is 0 Å². The van der Waals surface area contributed by atoms with Gasteiger partial charge in [0.15, 0.2) is 0 Å². The summed E-state index contributed by atoms with van der Waals surface area (Å²) in [5.41, 5.74) is 1.04. The molecule has 0 heterocycles. The van der Waals surface area contributed by atoms with Gasteiger partial charge in [-0.2, -0.15) is 0 Å². The maximum atomic E-state index is 12.8. The number of carbonyl (C=O) groups excluding carboxylic acids is 1. The zero-order valence-electron chi connectivity index (χ0n) is 39.6. The molecule has 352 valence electrons. The number of hydrogen-bond donors (Lipinski definition) is 2. The van der Waals surface area contributed by atoms with Crippen molar-refractivity contribution in [1.29, 1.82) is 0 Å². The van der Waals surface area contributed by atoms with Crippen LogP contribution in [0.5, 0.6) is 0 Å². The van der Waals surface area contributed by atoms with Gasteiger partial charge >= 0.3 is 13.8 Å². The number of unbranched alkanes of at least 4 members (excludes halogenated alkanes) is 28. The number of carbonyl (C=O) groups is 1. The van der Waals surface area contributed by atoms with Gasteiger partial charge in [0, 0.05) is 19.6 Å². The number of ether oxygens (including phenoxy) is 2. The van der Waals surface area contributed by atoms with E-state index in [1.54, 1.807) is 0 Å². The molecule has 1 aromatic carbocycles. The second-order valence-corrected chi connectivity index (χ2v) is 19.9. The van der Waals surface area contributed by atoms with Gasteiger partial charge < -0.3 is 24.2 Å². The Morgan fingerprint density at radius 3 is 1.57 bits per heavy atom. The number of nitrogens with one attached hydrogen (secondary N) is 1. The molecule has 9 nitrogen and oxygen atoms in total. The highest BCUT2D eigenvalue weighted by molar-refractivity contribution is 7.47. The fraction of sp³-hybridized carbons (Fsp3) is 0.860. The fourth-order valence-electron chi connectivity index (χ4n) is 7.46. The van der Waals surface area contributed by atoms with Crippen LogP contribution in [0.4, 0.5) is 0 Å². The Kier molecular flexibility index (Phi) is 38.2. The summed E-state index contributed by atoms with van der Waals surface area (Å²) in [7, 11) is 1.90. The molecule has 1 rings (SSSR count). The molecule has 10 heteroatoms. The quantitative estimate of drug-likeness (QED) is 0.0289. The number of phosphoric ester groups is 1. The number of phosphoric acid groups is 1. The average molecular weight is 868 g/mol. The van der Waals surface area contributed by atoms with Crippen molar-refractivity contribution in [2.24, 2.45) is 0 Å². The molecule has 0 aromatic heterocycles. The molecule has 60 heavy (non-hydrogen) atoms. The molecule has 0 fully saturated rings. The summed E-state index contributed by atoms with van der Waals surface area (Å²) in [6, 6.07) is 9.87. The summed E-state index contributed by atoms with van der Waals surface area (Å²) in [6.45, 7) is 5.70. The monoisotopic (exact) mass is 868 g/mol. The SMILES string of the molecule is CCCCCCCCCCCCCCCCOCC(CNCCCCCCCCCCCCCCCCCCC(=O)OCc1ccccc1)OP(=O)(O)OCC[N+](C)(C)C. The summed E-state index contributed by atoms with van der Waals surface area (Å²) in [4.78, 5) is 22.4. The molecule has 0 aliphatic heterocycles. The van der Waals surface area contributed by atoms with Gasteiger partial charge in [-0.25, -0.2) is 4.57 Å². The third-order valence-corrected chi connectivity index (χ3v) is 12.4. The van der Waals surface area contributed by atoms with E-state index in [2.05, 4.69) is 12.2 Å². The van der Waals surface area contributed by atoms with Gasteiger partial charge in [0.1, 0.15) is 25.9 Å². The molecule has 2 unspecified atom stereocenters. The first kappa shape index (κ1) is 56.7. The Hall–Kier alpha value is -1.32. The lowest BCUT2D eigenvalue weighted by Crippen LogP contribution is -2.37. The first-order valence-corrected chi connectivity index (χ1v) is 26.5. The summed E-state index contributed by atoms with van der Waals surface area (Å²) in [5.74, 6) is -0.0819. The highest BCUT2D eigenvalue weighted by atomic mass is 31.2. The van der Waals surface area contributed by atoms with Gasteiger partial charge in [-0.3, -0.25) is 13.8 Å². The molecule has 0 saturated heterocycles. The lowest BCUT2D eigenvalue weighted by molar-refractivity contribution is -0.870. The van der Waals surface area contributed by atoms with Crippen LogP contribution in [0.15, 0.2) is 30.3 Å². The molecule has 0 aliphatic rings. The van der Waals surface area contributed by atoms with Crippen LogP contribution >= 0.6 is 7.82 Å². The standard InChI is InChI=1S/C50H95N2O7P/c1-5-6-7-8-9-10-11-12-19-22-25-28-31-37-43-56-47-49(59-60(54,55)58-44-42-52(2,3)4)45-51-41-36-30-27-24-21-18-16-14-13-15-17-20-23-26-29-35-40-50(53)57-46-48-38-33-32-34-39-48/h32-34,38-39,49,51H,5-31,35-37,40-47H2,1-4H3/p+1. The van der Waals surface area contributed by atoms with Crippen molar-refractivity contribution in [2.45, 2.75) is 219 Å². The van der Waals surface area contributed by atoms with Crippen molar-refractivity contribution < 1.29 is 37.3 Å². The van der Waals surface area contributed by atoms with Crippen molar-refractivity contribution in [1.82, 2.24) is 5.32 Å². The number of likely N-dealkylation sites (N-methyl/N-ethyl adjacent to an activating group) is 1. The average Bonchev–Trinajstić information content (AvgIpc) is 3.21. The largest absolute Gasteiger partial charge is 0.472 e. The van der Waals surface area contributed by atoms with Crippen molar-refractivity contribution in [3.05, 3.63) is 35.9 Å². The molecule has 0 amide bonds. The van der Waals surface area contributed by atoms with E-state index < -0.39 is 13.9 Å². The molecule has 2 N–H and O–H groups in total. The van der Waals surface area contributed by atoms with Crippen LogP contribution in [-0.2, 0) is 34.5 Å². The van der Waals surface area contributed by atoms with Crippen LogP contribution < -0.4 is 5.32 Å². The maximum Gasteiger partial charge on any atom is 0.472 e. The van der Waals surface area contributed by atoms with Crippen molar-refractivity contribution in [2.75, 3.05) is 60.6 Å². The molecule has 0 aliphatic carbocycles. The van der Waals surface area contributed by atoms with Crippen LogP contribution in [0.2, 0.25) is 0 Å². The van der Waals surface area contributed by atoms with Gasteiger partial charge in [0.2, 0.25) is 0 Å². The zero-order chi connectivity index (χ0) is 43.7. The van der Waals surface area contributed by atoms with Gasteiger partial charge in [-0.1, -0.05) is 211 Å². The van der Waals surface area contributed by atoms with Crippen molar-refractivity contribution in [3.63, 3.8) is 0 Å².